The molecule has 1 saturated carbocycles. The van der Waals surface area contributed by atoms with Crippen LogP contribution < -0.4 is 5.73 Å². The van der Waals surface area contributed by atoms with E-state index < -0.39 is 10.3 Å². The minimum atomic E-state index is -4.18. The van der Waals surface area contributed by atoms with Crippen molar-refractivity contribution < 1.29 is 13.0 Å². The lowest BCUT2D eigenvalue weighted by atomic mass is 9.95. The van der Waals surface area contributed by atoms with E-state index in [-0.39, 0.29) is 12.6 Å². The lowest BCUT2D eigenvalue weighted by Gasteiger charge is -2.31. The molecule has 0 amide bonds. The van der Waals surface area contributed by atoms with Gasteiger partial charge in [-0.25, -0.2) is 0 Å². The van der Waals surface area contributed by atoms with Gasteiger partial charge in [-0.15, -0.1) is 0 Å². The molecule has 1 aromatic rings. The molecule has 0 atom stereocenters. The maximum absolute atomic E-state index is 11.6. The Morgan fingerprint density at radius 2 is 1.95 bits per heavy atom. The molecule has 0 radical (unpaired) electrons. The quantitative estimate of drug-likeness (QED) is 0.656. The number of nitrogen functional groups attached to an aromatic ring is 1. The summed E-state index contributed by atoms with van der Waals surface area (Å²) in [5.41, 5.74) is 7.08. The van der Waals surface area contributed by atoms with Crippen LogP contribution in [0.2, 0.25) is 0 Å². The summed E-state index contributed by atoms with van der Waals surface area (Å²) < 4.78 is 33.8. The van der Waals surface area contributed by atoms with Gasteiger partial charge in [0.1, 0.15) is 0 Å². The fraction of sp³-hybridized carbons (Fsp3) is 0.538. The Kier molecular flexibility index (Phi) is 4.44. The largest absolute Gasteiger partial charge is 0.399 e. The average molecular weight is 284 g/mol. The van der Waals surface area contributed by atoms with Crippen LogP contribution in [0.1, 0.15) is 37.7 Å². The van der Waals surface area contributed by atoms with Crippen LogP contribution in [-0.2, 0) is 16.8 Å². The van der Waals surface area contributed by atoms with Crippen LogP contribution in [0.4, 0.5) is 5.69 Å². The van der Waals surface area contributed by atoms with Gasteiger partial charge in [0.25, 0.3) is 0 Å². The van der Waals surface area contributed by atoms with Crippen molar-refractivity contribution in [3.8, 4) is 0 Å². The molecule has 1 aliphatic carbocycles. The van der Waals surface area contributed by atoms with Crippen molar-refractivity contribution in [3.05, 3.63) is 29.8 Å². The number of nitrogens with zero attached hydrogens (tertiary/aromatic N) is 1. The first-order chi connectivity index (χ1) is 8.97. The minimum absolute atomic E-state index is 0.106. The standard InChI is InChI=1S/C13H20N2O3S/c14-12-6-4-5-11(9-12)10-15(19(16,17)18)13-7-2-1-3-8-13/h4-6,9,13H,1-3,7-8,10,14H2,(H,16,17,18). The molecule has 2 rings (SSSR count). The van der Waals surface area contributed by atoms with E-state index >= 15 is 0 Å². The van der Waals surface area contributed by atoms with E-state index in [0.29, 0.717) is 5.69 Å². The summed E-state index contributed by atoms with van der Waals surface area (Å²) in [4.78, 5) is 0. The normalized spacial score (nSPS) is 17.8. The highest BCUT2D eigenvalue weighted by atomic mass is 32.2. The molecular weight excluding hydrogens is 264 g/mol. The molecule has 0 aliphatic heterocycles. The Bertz CT molecular complexity index is 524. The van der Waals surface area contributed by atoms with Gasteiger partial charge in [0.05, 0.1) is 0 Å². The Morgan fingerprint density at radius 3 is 2.53 bits per heavy atom. The van der Waals surface area contributed by atoms with Crippen molar-refractivity contribution in [2.24, 2.45) is 0 Å². The number of nitrogens with two attached hydrogens (primary N) is 1. The van der Waals surface area contributed by atoms with Gasteiger partial charge in [-0.3, -0.25) is 4.55 Å². The lowest BCUT2D eigenvalue weighted by Crippen LogP contribution is -2.40. The predicted molar refractivity (Wildman–Crippen MR) is 74.8 cm³/mol. The highest BCUT2D eigenvalue weighted by Crippen LogP contribution is 2.26. The number of benzene rings is 1. The average Bonchev–Trinajstić information content (AvgIpc) is 2.36. The van der Waals surface area contributed by atoms with Gasteiger partial charge >= 0.3 is 10.3 Å². The van der Waals surface area contributed by atoms with E-state index in [9.17, 15) is 13.0 Å². The van der Waals surface area contributed by atoms with Gasteiger partial charge in [0.2, 0.25) is 0 Å². The van der Waals surface area contributed by atoms with E-state index in [4.69, 9.17) is 5.73 Å². The zero-order valence-electron chi connectivity index (χ0n) is 10.8. The zero-order chi connectivity index (χ0) is 13.9. The van der Waals surface area contributed by atoms with Crippen molar-refractivity contribution in [2.45, 2.75) is 44.7 Å². The monoisotopic (exact) mass is 284 g/mol. The Labute approximate surface area is 114 Å². The molecule has 1 fully saturated rings. The molecule has 0 aromatic heterocycles. The topological polar surface area (TPSA) is 83.6 Å². The maximum Gasteiger partial charge on any atom is 0.336 e. The van der Waals surface area contributed by atoms with Gasteiger partial charge in [0.15, 0.2) is 0 Å². The molecule has 106 valence electrons. The van der Waals surface area contributed by atoms with E-state index in [0.717, 1.165) is 37.7 Å². The Balaban J connectivity index is 2.19. The van der Waals surface area contributed by atoms with Crippen LogP contribution in [0.5, 0.6) is 0 Å². The van der Waals surface area contributed by atoms with Crippen molar-refractivity contribution in [2.75, 3.05) is 5.73 Å². The molecule has 0 heterocycles. The SMILES string of the molecule is Nc1cccc(CN(C2CCCCC2)S(=O)(=O)O)c1. The number of rotatable bonds is 4. The predicted octanol–water partition coefficient (Wildman–Crippen LogP) is 2.21. The smallest absolute Gasteiger partial charge is 0.336 e. The summed E-state index contributed by atoms with van der Waals surface area (Å²) in [6.45, 7) is 0.175. The molecule has 1 aromatic carbocycles. The molecule has 0 bridgehead atoms. The van der Waals surface area contributed by atoms with Crippen LogP contribution in [0, 0.1) is 0 Å². The zero-order valence-corrected chi connectivity index (χ0v) is 11.6. The molecule has 6 heteroatoms. The number of hydrogen-bond acceptors (Lipinski definition) is 3. The van der Waals surface area contributed by atoms with Crippen molar-refractivity contribution >= 4 is 16.0 Å². The Morgan fingerprint density at radius 1 is 1.26 bits per heavy atom. The third kappa shape index (κ3) is 3.92. The summed E-state index contributed by atoms with van der Waals surface area (Å²) in [5.74, 6) is 0. The van der Waals surface area contributed by atoms with Gasteiger partial charge in [-0.2, -0.15) is 12.7 Å². The first-order valence-electron chi connectivity index (χ1n) is 6.55. The summed E-state index contributed by atoms with van der Waals surface area (Å²) >= 11 is 0. The van der Waals surface area contributed by atoms with Gasteiger partial charge in [0, 0.05) is 18.3 Å². The van der Waals surface area contributed by atoms with Crippen LogP contribution in [0.25, 0.3) is 0 Å². The second-order valence-corrected chi connectivity index (χ2v) is 6.42. The van der Waals surface area contributed by atoms with Gasteiger partial charge in [-0.1, -0.05) is 31.4 Å². The molecule has 3 N–H and O–H groups in total. The molecule has 1 aliphatic rings. The second kappa shape index (κ2) is 5.90. The molecule has 5 nitrogen and oxygen atoms in total. The summed E-state index contributed by atoms with van der Waals surface area (Å²) in [6, 6.07) is 6.98. The first-order valence-corrected chi connectivity index (χ1v) is 7.95. The van der Waals surface area contributed by atoms with E-state index in [1.54, 1.807) is 18.2 Å². The molecule has 0 spiro atoms. The molecule has 0 unspecified atom stereocenters. The molecule has 0 saturated heterocycles. The highest BCUT2D eigenvalue weighted by molar-refractivity contribution is 7.83. The van der Waals surface area contributed by atoms with Crippen LogP contribution >= 0.6 is 0 Å². The summed E-state index contributed by atoms with van der Waals surface area (Å²) in [6.07, 6.45) is 4.76. The molecular formula is C13H20N2O3S. The van der Waals surface area contributed by atoms with Crippen molar-refractivity contribution in [1.29, 1.82) is 0 Å². The van der Waals surface area contributed by atoms with Crippen LogP contribution in [0.3, 0.4) is 0 Å². The number of hydrogen-bond donors (Lipinski definition) is 2. The fourth-order valence-corrected chi connectivity index (χ4v) is 3.54. The first kappa shape index (κ1) is 14.3. The Hall–Kier alpha value is -1.11. The van der Waals surface area contributed by atoms with Crippen LogP contribution in [0.15, 0.2) is 24.3 Å². The van der Waals surface area contributed by atoms with Crippen LogP contribution in [-0.4, -0.2) is 23.3 Å². The summed E-state index contributed by atoms with van der Waals surface area (Å²) in [7, 11) is -4.18. The third-order valence-electron chi connectivity index (χ3n) is 3.57. The number of anilines is 1. The van der Waals surface area contributed by atoms with Gasteiger partial charge in [-0.05, 0) is 30.5 Å². The van der Waals surface area contributed by atoms with E-state index in [1.165, 1.54) is 4.31 Å². The van der Waals surface area contributed by atoms with E-state index in [2.05, 4.69) is 0 Å². The molecule has 19 heavy (non-hydrogen) atoms. The lowest BCUT2D eigenvalue weighted by molar-refractivity contribution is 0.227. The maximum atomic E-state index is 11.6. The third-order valence-corrected chi connectivity index (χ3v) is 4.59. The van der Waals surface area contributed by atoms with Gasteiger partial charge < -0.3 is 5.73 Å². The second-order valence-electron chi connectivity index (χ2n) is 5.06. The van der Waals surface area contributed by atoms with Crippen molar-refractivity contribution in [1.82, 2.24) is 4.31 Å². The van der Waals surface area contributed by atoms with E-state index in [1.807, 2.05) is 6.07 Å². The summed E-state index contributed by atoms with van der Waals surface area (Å²) in [5, 5.41) is 0. The minimum Gasteiger partial charge on any atom is -0.399 e. The van der Waals surface area contributed by atoms with Crippen molar-refractivity contribution in [3.63, 3.8) is 0 Å². The highest BCUT2D eigenvalue weighted by Gasteiger charge is 2.29. The fourth-order valence-electron chi connectivity index (χ4n) is 2.64.